The van der Waals surface area contributed by atoms with Crippen LogP contribution in [0.4, 0.5) is 15.8 Å². The first-order chi connectivity index (χ1) is 15.4. The quantitative estimate of drug-likeness (QED) is 0.513. The number of fused-ring (bicyclic) bond motifs is 1. The highest BCUT2D eigenvalue weighted by molar-refractivity contribution is 5.96. The Morgan fingerprint density at radius 1 is 1.19 bits per heavy atom. The van der Waals surface area contributed by atoms with Gasteiger partial charge in [0.1, 0.15) is 5.82 Å². The molecule has 172 valence electrons. The van der Waals surface area contributed by atoms with Crippen molar-refractivity contribution in [1.82, 2.24) is 0 Å². The Labute approximate surface area is 190 Å². The van der Waals surface area contributed by atoms with Crippen molar-refractivity contribution in [1.29, 1.82) is 0 Å². The molecule has 0 N–H and O–H groups in total. The molecule has 1 aliphatic rings. The minimum Gasteiger partial charge on any atom is -0.466 e. The molecule has 0 bridgehead atoms. The second-order valence-corrected chi connectivity index (χ2v) is 8.21. The predicted molar refractivity (Wildman–Crippen MR) is 125 cm³/mol. The Kier molecular flexibility index (Phi) is 8.26. The lowest BCUT2D eigenvalue weighted by molar-refractivity contribution is -0.143. The summed E-state index contributed by atoms with van der Waals surface area (Å²) in [6.07, 6.45) is 3.58. The average Bonchev–Trinajstić information content (AvgIpc) is 2.77. The van der Waals surface area contributed by atoms with Crippen molar-refractivity contribution in [2.75, 3.05) is 29.5 Å². The van der Waals surface area contributed by atoms with Gasteiger partial charge in [0.2, 0.25) is 5.91 Å². The summed E-state index contributed by atoms with van der Waals surface area (Å²) in [6.45, 7) is 8.00. The number of amides is 1. The molecule has 1 amide bonds. The summed E-state index contributed by atoms with van der Waals surface area (Å²) < 4.78 is 19.6. The third-order valence-electron chi connectivity index (χ3n) is 5.82. The summed E-state index contributed by atoms with van der Waals surface area (Å²) in [5.74, 6) is -0.769. The van der Waals surface area contributed by atoms with Crippen molar-refractivity contribution in [3.05, 3.63) is 58.9 Å². The van der Waals surface area contributed by atoms with Crippen molar-refractivity contribution >= 4 is 23.3 Å². The molecular formula is C26H33FN2O3. The fourth-order valence-corrected chi connectivity index (χ4v) is 4.34. The first-order valence-electron chi connectivity index (χ1n) is 11.5. The fraction of sp³-hybridized carbons (Fsp3) is 0.462. The van der Waals surface area contributed by atoms with E-state index in [0.29, 0.717) is 30.7 Å². The van der Waals surface area contributed by atoms with Crippen molar-refractivity contribution in [3.8, 4) is 0 Å². The first-order valence-corrected chi connectivity index (χ1v) is 11.5. The van der Waals surface area contributed by atoms with Crippen LogP contribution in [0, 0.1) is 5.82 Å². The van der Waals surface area contributed by atoms with E-state index in [-0.39, 0.29) is 24.1 Å². The molecule has 2 aromatic rings. The number of hydrogen-bond acceptors (Lipinski definition) is 4. The van der Waals surface area contributed by atoms with Crippen LogP contribution in [0.15, 0.2) is 36.4 Å². The molecule has 0 aliphatic carbocycles. The van der Waals surface area contributed by atoms with Crippen LogP contribution in [0.3, 0.4) is 0 Å². The van der Waals surface area contributed by atoms with E-state index in [1.165, 1.54) is 11.6 Å². The smallest absolute Gasteiger partial charge is 0.306 e. The van der Waals surface area contributed by atoms with Gasteiger partial charge in [0.25, 0.3) is 0 Å². The van der Waals surface area contributed by atoms with E-state index in [2.05, 4.69) is 17.9 Å². The van der Waals surface area contributed by atoms with Crippen LogP contribution in [0.5, 0.6) is 0 Å². The van der Waals surface area contributed by atoms with Gasteiger partial charge >= 0.3 is 5.97 Å². The minimum absolute atomic E-state index is 0.0767. The van der Waals surface area contributed by atoms with Gasteiger partial charge in [0, 0.05) is 26.4 Å². The van der Waals surface area contributed by atoms with E-state index >= 15 is 0 Å². The molecule has 1 heterocycles. The number of esters is 1. The summed E-state index contributed by atoms with van der Waals surface area (Å²) >= 11 is 0. The maximum absolute atomic E-state index is 14.7. The molecule has 0 saturated heterocycles. The lowest BCUT2D eigenvalue weighted by Crippen LogP contribution is -2.35. The van der Waals surface area contributed by atoms with Crippen LogP contribution in [0.25, 0.3) is 0 Å². The van der Waals surface area contributed by atoms with Crippen molar-refractivity contribution in [2.45, 2.75) is 59.4 Å². The lowest BCUT2D eigenvalue weighted by atomic mass is 9.99. The molecule has 0 saturated carbocycles. The largest absolute Gasteiger partial charge is 0.466 e. The number of benzene rings is 2. The van der Waals surface area contributed by atoms with Gasteiger partial charge in [-0.25, -0.2) is 4.39 Å². The van der Waals surface area contributed by atoms with Crippen LogP contribution in [0.1, 0.15) is 56.7 Å². The zero-order valence-corrected chi connectivity index (χ0v) is 19.3. The maximum atomic E-state index is 14.7. The molecule has 3 rings (SSSR count). The van der Waals surface area contributed by atoms with E-state index in [1.54, 1.807) is 24.8 Å². The lowest BCUT2D eigenvalue weighted by Gasteiger charge is -2.36. The molecule has 0 spiro atoms. The Bertz CT molecular complexity index is 960. The van der Waals surface area contributed by atoms with Crippen LogP contribution < -0.4 is 9.80 Å². The van der Waals surface area contributed by atoms with E-state index in [1.807, 2.05) is 18.2 Å². The summed E-state index contributed by atoms with van der Waals surface area (Å²) in [4.78, 5) is 28.3. The number of halogens is 1. The molecule has 2 aromatic carbocycles. The number of nitrogens with zero attached hydrogens (tertiary/aromatic N) is 2. The Balaban J connectivity index is 1.83. The van der Waals surface area contributed by atoms with Crippen LogP contribution in [-0.2, 0) is 33.7 Å². The van der Waals surface area contributed by atoms with Gasteiger partial charge in [-0.2, -0.15) is 0 Å². The zero-order chi connectivity index (χ0) is 23.1. The second-order valence-electron chi connectivity index (χ2n) is 8.21. The van der Waals surface area contributed by atoms with E-state index in [0.717, 1.165) is 43.7 Å². The summed E-state index contributed by atoms with van der Waals surface area (Å²) in [7, 11) is 0. The van der Waals surface area contributed by atoms with E-state index in [9.17, 15) is 14.0 Å². The number of hydrogen-bond donors (Lipinski definition) is 0. The topological polar surface area (TPSA) is 49.9 Å². The Morgan fingerprint density at radius 2 is 2.00 bits per heavy atom. The molecule has 1 aliphatic heterocycles. The van der Waals surface area contributed by atoms with Gasteiger partial charge in [-0.15, -0.1) is 0 Å². The maximum Gasteiger partial charge on any atom is 0.306 e. The highest BCUT2D eigenvalue weighted by Crippen LogP contribution is 2.37. The molecule has 32 heavy (non-hydrogen) atoms. The van der Waals surface area contributed by atoms with Crippen molar-refractivity contribution < 1.29 is 18.7 Å². The summed E-state index contributed by atoms with van der Waals surface area (Å²) in [5, 5.41) is 0. The summed E-state index contributed by atoms with van der Waals surface area (Å²) in [5.41, 5.74) is 4.46. The third-order valence-corrected chi connectivity index (χ3v) is 5.82. The zero-order valence-electron chi connectivity index (χ0n) is 19.3. The number of para-hydroxylation sites is 1. The van der Waals surface area contributed by atoms with Gasteiger partial charge in [-0.1, -0.05) is 31.2 Å². The van der Waals surface area contributed by atoms with Gasteiger partial charge in [-0.3, -0.25) is 9.59 Å². The number of carbonyl (C=O) groups excluding carboxylic acids is 2. The third kappa shape index (κ3) is 5.67. The van der Waals surface area contributed by atoms with Crippen molar-refractivity contribution in [2.24, 2.45) is 0 Å². The SMILES string of the molecule is CCCN1CCCc2cccc(N(Cc3ccc(CCC(=O)OCC)c(F)c3)C(C)=O)c21. The predicted octanol–water partition coefficient (Wildman–Crippen LogP) is 5.04. The number of carbonyl (C=O) groups is 2. The van der Waals surface area contributed by atoms with Gasteiger partial charge in [0.15, 0.2) is 0 Å². The Morgan fingerprint density at radius 3 is 2.69 bits per heavy atom. The number of rotatable bonds is 9. The molecule has 5 nitrogen and oxygen atoms in total. The fourth-order valence-electron chi connectivity index (χ4n) is 4.34. The standard InChI is InChI=1S/C26H33FN2O3/c1-4-15-28-16-7-9-22-8-6-10-24(26(22)28)29(19(3)30)18-20-11-12-21(23(27)17-20)13-14-25(31)32-5-2/h6,8,10-12,17H,4-5,7,9,13-16,18H2,1-3H3. The molecule has 6 heteroatoms. The highest BCUT2D eigenvalue weighted by atomic mass is 19.1. The molecule has 0 atom stereocenters. The van der Waals surface area contributed by atoms with Crippen molar-refractivity contribution in [3.63, 3.8) is 0 Å². The summed E-state index contributed by atoms with van der Waals surface area (Å²) in [6, 6.07) is 11.1. The highest BCUT2D eigenvalue weighted by Gasteiger charge is 2.24. The van der Waals surface area contributed by atoms with E-state index in [4.69, 9.17) is 4.74 Å². The van der Waals surface area contributed by atoms with E-state index < -0.39 is 0 Å². The van der Waals surface area contributed by atoms with Crippen LogP contribution >= 0.6 is 0 Å². The number of ether oxygens (including phenoxy) is 1. The average molecular weight is 441 g/mol. The molecule has 0 fully saturated rings. The molecule has 0 unspecified atom stereocenters. The van der Waals surface area contributed by atoms with Gasteiger partial charge in [0.05, 0.1) is 24.5 Å². The van der Waals surface area contributed by atoms with Gasteiger partial charge < -0.3 is 14.5 Å². The first kappa shape index (κ1) is 23.8. The molecular weight excluding hydrogens is 407 g/mol. The number of aryl methyl sites for hydroxylation is 2. The number of anilines is 2. The van der Waals surface area contributed by atoms with Gasteiger partial charge in [-0.05, 0) is 61.4 Å². The van der Waals surface area contributed by atoms with Crippen LogP contribution in [-0.4, -0.2) is 31.6 Å². The molecule has 0 radical (unpaired) electrons. The normalized spacial score (nSPS) is 12.9. The Hall–Kier alpha value is -2.89. The monoisotopic (exact) mass is 440 g/mol. The second kappa shape index (κ2) is 11.1. The molecule has 0 aromatic heterocycles. The minimum atomic E-state index is -0.363. The van der Waals surface area contributed by atoms with Crippen LogP contribution in [0.2, 0.25) is 0 Å².